The molecule has 2 saturated heterocycles. The Morgan fingerprint density at radius 3 is 2.10 bits per heavy atom. The number of piperidine rings is 2. The predicted molar refractivity (Wildman–Crippen MR) is 124 cm³/mol. The van der Waals surface area contributed by atoms with Crippen molar-refractivity contribution >= 4 is 40.0 Å². The lowest BCUT2D eigenvalue weighted by Gasteiger charge is -2.30. The van der Waals surface area contributed by atoms with Crippen molar-refractivity contribution in [2.45, 2.75) is 38.5 Å². The Morgan fingerprint density at radius 2 is 1.53 bits per heavy atom. The van der Waals surface area contributed by atoms with Crippen LogP contribution in [0, 0.1) is 0 Å². The van der Waals surface area contributed by atoms with E-state index in [9.17, 15) is 0 Å². The van der Waals surface area contributed by atoms with Crippen molar-refractivity contribution < 1.29 is 4.74 Å². The van der Waals surface area contributed by atoms with Crippen molar-refractivity contribution in [3.05, 3.63) is 28.2 Å². The second-order valence-electron chi connectivity index (χ2n) is 7.61. The summed E-state index contributed by atoms with van der Waals surface area (Å²) in [6.07, 6.45) is 8.95. The molecule has 2 fully saturated rings. The van der Waals surface area contributed by atoms with E-state index in [0.717, 1.165) is 53.9 Å². The maximum atomic E-state index is 5.41. The zero-order valence-corrected chi connectivity index (χ0v) is 18.9. The summed E-state index contributed by atoms with van der Waals surface area (Å²) in [6.45, 7) is 3.95. The zero-order valence-electron chi connectivity index (χ0n) is 17.3. The summed E-state index contributed by atoms with van der Waals surface area (Å²) in [7, 11) is 1.65. The van der Waals surface area contributed by atoms with Crippen molar-refractivity contribution in [2.75, 3.05) is 48.5 Å². The molecule has 0 radical (unpaired) electrons. The Bertz CT molecular complexity index is 843. The van der Waals surface area contributed by atoms with Gasteiger partial charge in [0.2, 0.25) is 17.8 Å². The van der Waals surface area contributed by atoms with Gasteiger partial charge in [0.05, 0.1) is 13.3 Å². The van der Waals surface area contributed by atoms with Crippen LogP contribution >= 0.6 is 15.9 Å². The number of halogens is 1. The van der Waals surface area contributed by atoms with Crippen LogP contribution in [0.2, 0.25) is 0 Å². The predicted octanol–water partition coefficient (Wildman–Crippen LogP) is 4.07. The molecule has 2 aromatic rings. The molecule has 2 aliphatic rings. The van der Waals surface area contributed by atoms with Crippen LogP contribution in [-0.2, 0) is 0 Å². The third-order valence-electron chi connectivity index (χ3n) is 5.45. The number of methoxy groups -OCH3 is 1. The summed E-state index contributed by atoms with van der Waals surface area (Å²) in [6, 6.07) is 5.79. The van der Waals surface area contributed by atoms with Crippen LogP contribution in [0.15, 0.2) is 27.8 Å². The van der Waals surface area contributed by atoms with E-state index in [2.05, 4.69) is 46.2 Å². The largest absolute Gasteiger partial charge is 0.496 e. The fraction of sp³-hybridized carbons (Fsp3) is 0.524. The molecule has 160 valence electrons. The van der Waals surface area contributed by atoms with Crippen molar-refractivity contribution in [1.82, 2.24) is 15.0 Å². The molecule has 1 N–H and O–H groups in total. The molecular formula is C21H28BrN7O. The number of hydrogen-bond donors (Lipinski definition) is 1. The van der Waals surface area contributed by atoms with Crippen LogP contribution in [0.1, 0.15) is 44.1 Å². The summed E-state index contributed by atoms with van der Waals surface area (Å²) < 4.78 is 6.37. The van der Waals surface area contributed by atoms with Crippen LogP contribution in [0.5, 0.6) is 5.75 Å². The molecule has 0 amide bonds. The minimum Gasteiger partial charge on any atom is -0.496 e. The van der Waals surface area contributed by atoms with Gasteiger partial charge in [-0.25, -0.2) is 5.43 Å². The number of nitrogens with one attached hydrogen (secondary N) is 1. The molecular weight excluding hydrogens is 446 g/mol. The molecule has 1 aromatic heterocycles. The number of benzene rings is 1. The molecule has 30 heavy (non-hydrogen) atoms. The van der Waals surface area contributed by atoms with Gasteiger partial charge in [-0.1, -0.05) is 15.9 Å². The Balaban J connectivity index is 1.57. The molecule has 4 rings (SSSR count). The molecule has 3 heterocycles. The fourth-order valence-corrected chi connectivity index (χ4v) is 4.22. The number of aromatic nitrogens is 3. The molecule has 8 nitrogen and oxygen atoms in total. The van der Waals surface area contributed by atoms with Gasteiger partial charge in [-0.05, 0) is 56.7 Å². The smallest absolute Gasteiger partial charge is 0.250 e. The van der Waals surface area contributed by atoms with Crippen molar-refractivity contribution in [3.8, 4) is 5.75 Å². The zero-order chi connectivity index (χ0) is 20.8. The van der Waals surface area contributed by atoms with E-state index in [0.29, 0.717) is 5.95 Å². The summed E-state index contributed by atoms with van der Waals surface area (Å²) in [5, 5.41) is 4.37. The summed E-state index contributed by atoms with van der Waals surface area (Å²) in [5.41, 5.74) is 3.87. The molecule has 1 aromatic carbocycles. The average molecular weight is 474 g/mol. The van der Waals surface area contributed by atoms with Gasteiger partial charge in [-0.3, -0.25) is 0 Å². The lowest BCUT2D eigenvalue weighted by Crippen LogP contribution is -2.34. The van der Waals surface area contributed by atoms with Crippen LogP contribution < -0.4 is 20.0 Å². The normalized spacial score (nSPS) is 17.4. The molecule has 9 heteroatoms. The number of hydrogen-bond acceptors (Lipinski definition) is 8. The summed E-state index contributed by atoms with van der Waals surface area (Å²) in [5.74, 6) is 2.70. The highest BCUT2D eigenvalue weighted by Gasteiger charge is 2.20. The highest BCUT2D eigenvalue weighted by Crippen LogP contribution is 2.23. The number of nitrogens with zero attached hydrogens (tertiary/aromatic N) is 6. The second-order valence-corrected chi connectivity index (χ2v) is 8.53. The first-order valence-corrected chi connectivity index (χ1v) is 11.4. The monoisotopic (exact) mass is 473 g/mol. The van der Waals surface area contributed by atoms with Crippen LogP contribution in [0.4, 0.5) is 17.8 Å². The Labute approximate surface area is 185 Å². The third kappa shape index (κ3) is 5.19. The minimum atomic E-state index is 0.469. The minimum absolute atomic E-state index is 0.469. The summed E-state index contributed by atoms with van der Waals surface area (Å²) in [4.78, 5) is 18.6. The Morgan fingerprint density at radius 1 is 0.933 bits per heavy atom. The molecule has 0 spiro atoms. The lowest BCUT2D eigenvalue weighted by atomic mass is 10.1. The Hall–Kier alpha value is -2.42. The van der Waals surface area contributed by atoms with Gasteiger partial charge in [0.1, 0.15) is 5.75 Å². The first-order chi connectivity index (χ1) is 14.7. The number of rotatable bonds is 6. The van der Waals surface area contributed by atoms with E-state index in [4.69, 9.17) is 9.72 Å². The highest BCUT2D eigenvalue weighted by atomic mass is 79.9. The molecule has 0 aliphatic carbocycles. The van der Waals surface area contributed by atoms with E-state index in [-0.39, 0.29) is 0 Å². The van der Waals surface area contributed by atoms with Crippen LogP contribution in [-0.4, -0.2) is 54.5 Å². The standard InChI is InChI=1S/C21H28BrN7O/c1-30-18-9-8-17(22)14-16(18)15-23-27-19-24-20(28-10-4-2-5-11-28)26-21(25-19)29-12-6-3-7-13-29/h8-9,14-15H,2-7,10-13H2,1H3,(H,24,25,26,27)/b23-15-. The maximum Gasteiger partial charge on any atom is 0.250 e. The number of hydrazone groups is 1. The van der Waals surface area contributed by atoms with Gasteiger partial charge < -0.3 is 14.5 Å². The SMILES string of the molecule is COc1ccc(Br)cc1/C=N\Nc1nc(N2CCCCC2)nc(N2CCCCC2)n1. The van der Waals surface area contributed by atoms with Gasteiger partial charge in [0, 0.05) is 36.2 Å². The van der Waals surface area contributed by atoms with E-state index >= 15 is 0 Å². The van der Waals surface area contributed by atoms with E-state index in [1.807, 2.05) is 18.2 Å². The van der Waals surface area contributed by atoms with Crippen LogP contribution in [0.3, 0.4) is 0 Å². The third-order valence-corrected chi connectivity index (χ3v) is 5.94. The van der Waals surface area contributed by atoms with Crippen molar-refractivity contribution in [1.29, 1.82) is 0 Å². The quantitative estimate of drug-likeness (QED) is 0.500. The Kier molecular flexibility index (Phi) is 6.99. The summed E-state index contributed by atoms with van der Waals surface area (Å²) >= 11 is 3.49. The van der Waals surface area contributed by atoms with Gasteiger partial charge in [0.25, 0.3) is 0 Å². The second kappa shape index (κ2) is 10.1. The highest BCUT2D eigenvalue weighted by molar-refractivity contribution is 9.10. The van der Waals surface area contributed by atoms with Gasteiger partial charge in [-0.15, -0.1) is 0 Å². The van der Waals surface area contributed by atoms with Crippen LogP contribution in [0.25, 0.3) is 0 Å². The molecule has 0 unspecified atom stereocenters. The molecule has 0 bridgehead atoms. The first-order valence-electron chi connectivity index (χ1n) is 10.6. The fourth-order valence-electron chi connectivity index (χ4n) is 3.84. The lowest BCUT2D eigenvalue weighted by molar-refractivity contribution is 0.414. The average Bonchev–Trinajstić information content (AvgIpc) is 2.80. The van der Waals surface area contributed by atoms with E-state index < -0.39 is 0 Å². The van der Waals surface area contributed by atoms with Gasteiger partial charge in [-0.2, -0.15) is 20.1 Å². The van der Waals surface area contributed by atoms with Gasteiger partial charge in [0.15, 0.2) is 0 Å². The number of anilines is 3. The first kappa shape index (κ1) is 20.8. The van der Waals surface area contributed by atoms with Crippen molar-refractivity contribution in [2.24, 2.45) is 5.10 Å². The maximum absolute atomic E-state index is 5.41. The van der Waals surface area contributed by atoms with E-state index in [1.54, 1.807) is 13.3 Å². The number of ether oxygens (including phenoxy) is 1. The topological polar surface area (TPSA) is 78.8 Å². The van der Waals surface area contributed by atoms with Gasteiger partial charge >= 0.3 is 0 Å². The van der Waals surface area contributed by atoms with E-state index in [1.165, 1.54) is 38.5 Å². The van der Waals surface area contributed by atoms with Crippen molar-refractivity contribution in [3.63, 3.8) is 0 Å². The molecule has 2 aliphatic heterocycles. The molecule has 0 atom stereocenters. The molecule has 0 saturated carbocycles.